The third-order valence-electron chi connectivity index (χ3n) is 2.43. The van der Waals surface area contributed by atoms with Crippen LogP contribution < -0.4 is 0 Å². The number of ether oxygens (including phenoxy) is 1. The summed E-state index contributed by atoms with van der Waals surface area (Å²) >= 11 is 0. The van der Waals surface area contributed by atoms with E-state index in [0.717, 1.165) is 19.4 Å². The van der Waals surface area contributed by atoms with Gasteiger partial charge in [-0.25, -0.2) is 0 Å². The molecule has 1 fully saturated rings. The zero-order chi connectivity index (χ0) is 9.73. The van der Waals surface area contributed by atoms with Gasteiger partial charge in [0.25, 0.3) is 0 Å². The van der Waals surface area contributed by atoms with Gasteiger partial charge in [-0.2, -0.15) is 0 Å². The Morgan fingerprint density at radius 1 is 1.54 bits per heavy atom. The van der Waals surface area contributed by atoms with Crippen molar-refractivity contribution in [1.82, 2.24) is 4.90 Å². The molecule has 3 nitrogen and oxygen atoms in total. The highest BCUT2D eigenvalue weighted by atomic mass is 16.5. The van der Waals surface area contributed by atoms with E-state index in [4.69, 9.17) is 4.74 Å². The molecule has 1 N–H and O–H groups in total. The predicted molar refractivity (Wildman–Crippen MR) is 52.7 cm³/mol. The van der Waals surface area contributed by atoms with Crippen molar-refractivity contribution in [2.45, 2.75) is 18.4 Å². The van der Waals surface area contributed by atoms with E-state index in [1.165, 1.54) is 0 Å². The Labute approximate surface area is 80.0 Å². The molecule has 0 aromatic heterocycles. The zero-order valence-corrected chi connectivity index (χ0v) is 8.33. The van der Waals surface area contributed by atoms with E-state index in [9.17, 15) is 5.11 Å². The zero-order valence-electron chi connectivity index (χ0n) is 8.33. The molecule has 0 aromatic carbocycles. The summed E-state index contributed by atoms with van der Waals surface area (Å²) in [6.45, 7) is 6.56. The SMILES string of the molecule is C=CCN(C)CC1(O)CCOCC1. The highest BCUT2D eigenvalue weighted by Gasteiger charge is 2.30. The summed E-state index contributed by atoms with van der Waals surface area (Å²) in [6, 6.07) is 0. The van der Waals surface area contributed by atoms with Gasteiger partial charge in [-0.1, -0.05) is 6.08 Å². The van der Waals surface area contributed by atoms with Crippen LogP contribution in [-0.4, -0.2) is 49.0 Å². The highest BCUT2D eigenvalue weighted by molar-refractivity contribution is 4.85. The minimum Gasteiger partial charge on any atom is -0.388 e. The number of aliphatic hydroxyl groups is 1. The fourth-order valence-electron chi connectivity index (χ4n) is 1.70. The van der Waals surface area contributed by atoms with Crippen molar-refractivity contribution in [3.63, 3.8) is 0 Å². The first-order valence-electron chi connectivity index (χ1n) is 4.76. The summed E-state index contributed by atoms with van der Waals surface area (Å²) in [5.74, 6) is 0. The van der Waals surface area contributed by atoms with E-state index in [2.05, 4.69) is 11.5 Å². The predicted octanol–water partition coefficient (Wildman–Crippen LogP) is 0.646. The lowest BCUT2D eigenvalue weighted by Crippen LogP contribution is -2.45. The lowest BCUT2D eigenvalue weighted by molar-refractivity contribution is -0.0756. The Morgan fingerprint density at radius 2 is 2.15 bits per heavy atom. The molecule has 0 saturated carbocycles. The van der Waals surface area contributed by atoms with Crippen molar-refractivity contribution in [2.75, 3.05) is 33.4 Å². The number of nitrogens with zero attached hydrogens (tertiary/aromatic N) is 1. The fourth-order valence-corrected chi connectivity index (χ4v) is 1.70. The van der Waals surface area contributed by atoms with Crippen molar-refractivity contribution >= 4 is 0 Å². The number of likely N-dealkylation sites (N-methyl/N-ethyl adjacent to an activating group) is 1. The Bertz CT molecular complexity index is 164. The smallest absolute Gasteiger partial charge is 0.0817 e. The maximum atomic E-state index is 10.1. The van der Waals surface area contributed by atoms with Gasteiger partial charge < -0.3 is 9.84 Å². The largest absolute Gasteiger partial charge is 0.388 e. The minimum absolute atomic E-state index is 0.546. The third kappa shape index (κ3) is 3.46. The molecule has 0 aromatic rings. The molecule has 0 spiro atoms. The molecule has 0 radical (unpaired) electrons. The molecule has 1 aliphatic rings. The number of rotatable bonds is 4. The van der Waals surface area contributed by atoms with Gasteiger partial charge in [-0.15, -0.1) is 6.58 Å². The normalized spacial score (nSPS) is 21.8. The molecule has 1 saturated heterocycles. The minimum atomic E-state index is -0.546. The van der Waals surface area contributed by atoms with Crippen LogP contribution in [0.3, 0.4) is 0 Å². The molecule has 0 atom stereocenters. The van der Waals surface area contributed by atoms with Crippen LogP contribution in [0.2, 0.25) is 0 Å². The molecule has 1 aliphatic heterocycles. The molecule has 0 unspecified atom stereocenters. The van der Waals surface area contributed by atoms with Crippen LogP contribution in [0.1, 0.15) is 12.8 Å². The first-order chi connectivity index (χ1) is 6.16. The molecule has 3 heteroatoms. The molecule has 76 valence electrons. The fraction of sp³-hybridized carbons (Fsp3) is 0.800. The molecular formula is C10H19NO2. The van der Waals surface area contributed by atoms with Crippen LogP contribution in [-0.2, 0) is 4.74 Å². The topological polar surface area (TPSA) is 32.7 Å². The molecule has 1 rings (SSSR count). The van der Waals surface area contributed by atoms with E-state index in [-0.39, 0.29) is 0 Å². The van der Waals surface area contributed by atoms with Crippen molar-refractivity contribution < 1.29 is 9.84 Å². The quantitative estimate of drug-likeness (QED) is 0.653. The summed E-state index contributed by atoms with van der Waals surface area (Å²) in [5, 5.41) is 10.1. The Morgan fingerprint density at radius 3 is 2.69 bits per heavy atom. The van der Waals surface area contributed by atoms with E-state index < -0.39 is 5.60 Å². The van der Waals surface area contributed by atoms with Gasteiger partial charge in [-0.3, -0.25) is 4.90 Å². The third-order valence-corrected chi connectivity index (χ3v) is 2.43. The summed E-state index contributed by atoms with van der Waals surface area (Å²) in [6.07, 6.45) is 3.34. The summed E-state index contributed by atoms with van der Waals surface area (Å²) < 4.78 is 5.21. The van der Waals surface area contributed by atoms with Crippen LogP contribution in [0.4, 0.5) is 0 Å². The molecule has 1 heterocycles. The molecule has 0 amide bonds. The van der Waals surface area contributed by atoms with Gasteiger partial charge in [0, 0.05) is 39.1 Å². The van der Waals surface area contributed by atoms with Crippen LogP contribution in [0.25, 0.3) is 0 Å². The van der Waals surface area contributed by atoms with Gasteiger partial charge in [0.05, 0.1) is 5.60 Å². The average molecular weight is 185 g/mol. The van der Waals surface area contributed by atoms with Gasteiger partial charge in [0.15, 0.2) is 0 Å². The van der Waals surface area contributed by atoms with Gasteiger partial charge in [0.1, 0.15) is 0 Å². The number of hydrogen-bond acceptors (Lipinski definition) is 3. The maximum Gasteiger partial charge on any atom is 0.0817 e. The molecular weight excluding hydrogens is 166 g/mol. The lowest BCUT2D eigenvalue weighted by atomic mass is 9.94. The Kier molecular flexibility index (Phi) is 3.90. The standard InChI is InChI=1S/C10H19NO2/c1-3-6-11(2)9-10(12)4-7-13-8-5-10/h3,12H,1,4-9H2,2H3. The van der Waals surface area contributed by atoms with Crippen LogP contribution in [0, 0.1) is 0 Å². The van der Waals surface area contributed by atoms with Crippen LogP contribution in [0.15, 0.2) is 12.7 Å². The van der Waals surface area contributed by atoms with Crippen molar-refractivity contribution in [3.8, 4) is 0 Å². The second-order valence-corrected chi connectivity index (χ2v) is 3.82. The summed E-state index contributed by atoms with van der Waals surface area (Å²) in [7, 11) is 2.00. The molecule has 0 aliphatic carbocycles. The van der Waals surface area contributed by atoms with Crippen molar-refractivity contribution in [3.05, 3.63) is 12.7 Å². The Balaban J connectivity index is 2.35. The van der Waals surface area contributed by atoms with Crippen LogP contribution >= 0.6 is 0 Å². The van der Waals surface area contributed by atoms with Crippen molar-refractivity contribution in [2.24, 2.45) is 0 Å². The van der Waals surface area contributed by atoms with E-state index in [0.29, 0.717) is 19.8 Å². The summed E-state index contributed by atoms with van der Waals surface area (Å²) in [5.41, 5.74) is -0.546. The summed E-state index contributed by atoms with van der Waals surface area (Å²) in [4.78, 5) is 2.08. The maximum absolute atomic E-state index is 10.1. The van der Waals surface area contributed by atoms with E-state index in [1.807, 2.05) is 13.1 Å². The molecule has 13 heavy (non-hydrogen) atoms. The monoisotopic (exact) mass is 185 g/mol. The Hall–Kier alpha value is -0.380. The molecule has 0 bridgehead atoms. The van der Waals surface area contributed by atoms with Gasteiger partial charge in [0.2, 0.25) is 0 Å². The van der Waals surface area contributed by atoms with E-state index in [1.54, 1.807) is 0 Å². The van der Waals surface area contributed by atoms with E-state index >= 15 is 0 Å². The first kappa shape index (κ1) is 10.7. The second-order valence-electron chi connectivity index (χ2n) is 3.82. The second kappa shape index (κ2) is 4.74. The first-order valence-corrected chi connectivity index (χ1v) is 4.76. The van der Waals surface area contributed by atoms with Gasteiger partial charge in [-0.05, 0) is 7.05 Å². The van der Waals surface area contributed by atoms with Crippen molar-refractivity contribution in [1.29, 1.82) is 0 Å². The van der Waals surface area contributed by atoms with Crippen LogP contribution in [0.5, 0.6) is 0 Å². The average Bonchev–Trinajstić information content (AvgIpc) is 2.04. The highest BCUT2D eigenvalue weighted by Crippen LogP contribution is 2.20. The number of hydrogen-bond donors (Lipinski definition) is 1. The van der Waals surface area contributed by atoms with Gasteiger partial charge >= 0.3 is 0 Å². The lowest BCUT2D eigenvalue weighted by Gasteiger charge is -2.35.